The summed E-state index contributed by atoms with van der Waals surface area (Å²) >= 11 is 0. The highest BCUT2D eigenvalue weighted by atomic mass is 16.5. The van der Waals surface area contributed by atoms with Crippen molar-refractivity contribution in [1.29, 1.82) is 0 Å². The zero-order chi connectivity index (χ0) is 26.5. The van der Waals surface area contributed by atoms with Crippen molar-refractivity contribution in [2.45, 2.75) is 33.8 Å². The SMILES string of the molecule is CCOc1ccc(C(=O)c2ccccc2C(=O)O[C@@H](C)C(=O)c2c(C)[nH]c3ccccc23)cc1OCC. The first-order valence-corrected chi connectivity index (χ1v) is 12.2. The molecule has 4 aromatic rings. The molecule has 37 heavy (non-hydrogen) atoms. The second-order valence-electron chi connectivity index (χ2n) is 8.48. The standard InChI is InChI=1S/C30H29NO6/c1-5-35-25-16-15-20(17-26(25)36-6-2)29(33)21-11-7-8-12-22(21)30(34)37-19(4)28(32)27-18(3)31-24-14-10-9-13-23(24)27/h7-17,19,31H,5-6H2,1-4H3/t19-/m0/s1. The van der Waals surface area contributed by atoms with E-state index in [1.807, 2.05) is 45.0 Å². The van der Waals surface area contributed by atoms with Crippen LogP contribution in [-0.4, -0.2) is 41.8 Å². The van der Waals surface area contributed by atoms with Gasteiger partial charge >= 0.3 is 5.97 Å². The van der Waals surface area contributed by atoms with Crippen molar-refractivity contribution in [2.24, 2.45) is 0 Å². The zero-order valence-corrected chi connectivity index (χ0v) is 21.3. The maximum absolute atomic E-state index is 13.4. The highest BCUT2D eigenvalue weighted by Crippen LogP contribution is 2.30. The van der Waals surface area contributed by atoms with Gasteiger partial charge in [0.2, 0.25) is 5.78 Å². The van der Waals surface area contributed by atoms with Crippen molar-refractivity contribution in [3.8, 4) is 11.5 Å². The van der Waals surface area contributed by atoms with Gasteiger partial charge in [-0.15, -0.1) is 0 Å². The van der Waals surface area contributed by atoms with Gasteiger partial charge in [0.25, 0.3) is 0 Å². The average Bonchev–Trinajstić information content (AvgIpc) is 3.24. The summed E-state index contributed by atoms with van der Waals surface area (Å²) in [6.07, 6.45) is -1.05. The Labute approximate surface area is 215 Å². The fraction of sp³-hybridized carbons (Fsp3) is 0.233. The maximum Gasteiger partial charge on any atom is 0.339 e. The van der Waals surface area contributed by atoms with E-state index < -0.39 is 12.1 Å². The van der Waals surface area contributed by atoms with Crippen LogP contribution in [0, 0.1) is 6.92 Å². The highest BCUT2D eigenvalue weighted by Gasteiger charge is 2.27. The van der Waals surface area contributed by atoms with Crippen molar-refractivity contribution < 1.29 is 28.6 Å². The van der Waals surface area contributed by atoms with Crippen LogP contribution >= 0.6 is 0 Å². The van der Waals surface area contributed by atoms with Crippen molar-refractivity contribution in [1.82, 2.24) is 4.98 Å². The summed E-state index contributed by atoms with van der Waals surface area (Å²) in [4.78, 5) is 43.0. The monoisotopic (exact) mass is 499 g/mol. The Bertz CT molecular complexity index is 1470. The van der Waals surface area contributed by atoms with Gasteiger partial charge in [-0.3, -0.25) is 9.59 Å². The Hall–Kier alpha value is -4.39. The normalized spacial score (nSPS) is 11.7. The number of aryl methyl sites for hydroxylation is 1. The quantitative estimate of drug-likeness (QED) is 0.215. The molecule has 1 N–H and O–H groups in total. The van der Waals surface area contributed by atoms with Crippen LogP contribution in [0.25, 0.3) is 10.9 Å². The second kappa shape index (κ2) is 11.1. The van der Waals surface area contributed by atoms with Crippen LogP contribution in [0.4, 0.5) is 0 Å². The van der Waals surface area contributed by atoms with Crippen LogP contribution in [0.5, 0.6) is 11.5 Å². The summed E-state index contributed by atoms with van der Waals surface area (Å²) < 4.78 is 16.8. The molecule has 0 spiro atoms. The molecule has 1 aromatic heterocycles. The Morgan fingerprint density at radius 2 is 1.49 bits per heavy atom. The lowest BCUT2D eigenvalue weighted by Gasteiger charge is -2.15. The molecule has 1 atom stereocenters. The minimum atomic E-state index is -1.05. The minimum Gasteiger partial charge on any atom is -0.490 e. The molecule has 0 saturated carbocycles. The van der Waals surface area contributed by atoms with Crippen LogP contribution in [0.3, 0.4) is 0 Å². The molecule has 190 valence electrons. The smallest absolute Gasteiger partial charge is 0.339 e. The number of H-pyrrole nitrogens is 1. The van der Waals surface area contributed by atoms with Crippen LogP contribution in [0.15, 0.2) is 66.7 Å². The summed E-state index contributed by atoms with van der Waals surface area (Å²) in [5.74, 6) is -0.460. The van der Waals surface area contributed by atoms with E-state index in [1.165, 1.54) is 13.0 Å². The Balaban J connectivity index is 1.59. The number of ketones is 2. The van der Waals surface area contributed by atoms with E-state index in [-0.39, 0.29) is 22.7 Å². The number of fused-ring (bicyclic) bond motifs is 1. The van der Waals surface area contributed by atoms with Gasteiger partial charge in [0.15, 0.2) is 23.4 Å². The summed E-state index contributed by atoms with van der Waals surface area (Å²) in [5, 5.41) is 0.768. The molecule has 0 aliphatic rings. The number of carbonyl (C=O) groups excluding carboxylic acids is 3. The van der Waals surface area contributed by atoms with E-state index in [1.54, 1.807) is 36.4 Å². The number of benzene rings is 3. The number of hydrogen-bond acceptors (Lipinski definition) is 6. The molecular weight excluding hydrogens is 470 g/mol. The summed E-state index contributed by atoms with van der Waals surface area (Å²) in [6.45, 7) is 7.91. The third kappa shape index (κ3) is 5.26. The van der Waals surface area contributed by atoms with Gasteiger partial charge in [-0.2, -0.15) is 0 Å². The number of rotatable bonds is 10. The molecule has 0 aliphatic carbocycles. The van der Waals surface area contributed by atoms with E-state index in [4.69, 9.17) is 14.2 Å². The van der Waals surface area contributed by atoms with Crippen LogP contribution in [0.2, 0.25) is 0 Å². The van der Waals surface area contributed by atoms with Gasteiger partial charge in [0.1, 0.15) is 0 Å². The lowest BCUT2D eigenvalue weighted by atomic mass is 9.98. The largest absolute Gasteiger partial charge is 0.490 e. The molecule has 7 nitrogen and oxygen atoms in total. The van der Waals surface area contributed by atoms with Crippen molar-refractivity contribution in [3.63, 3.8) is 0 Å². The number of Topliss-reactive ketones (excluding diaryl/α,β-unsaturated/α-hetero) is 1. The predicted molar refractivity (Wildman–Crippen MR) is 141 cm³/mol. The fourth-order valence-corrected chi connectivity index (χ4v) is 4.28. The molecule has 0 unspecified atom stereocenters. The lowest BCUT2D eigenvalue weighted by Crippen LogP contribution is -2.26. The van der Waals surface area contributed by atoms with E-state index in [0.29, 0.717) is 41.5 Å². The molecule has 1 heterocycles. The summed E-state index contributed by atoms with van der Waals surface area (Å²) in [7, 11) is 0. The van der Waals surface area contributed by atoms with E-state index in [9.17, 15) is 14.4 Å². The van der Waals surface area contributed by atoms with E-state index >= 15 is 0 Å². The van der Waals surface area contributed by atoms with Crippen LogP contribution in [-0.2, 0) is 4.74 Å². The number of aromatic nitrogens is 1. The molecular formula is C30H29NO6. The lowest BCUT2D eigenvalue weighted by molar-refractivity contribution is 0.0317. The Morgan fingerprint density at radius 1 is 0.838 bits per heavy atom. The van der Waals surface area contributed by atoms with Gasteiger partial charge in [-0.25, -0.2) is 4.79 Å². The average molecular weight is 500 g/mol. The predicted octanol–water partition coefficient (Wildman–Crippen LogP) is 5.93. The molecule has 0 bridgehead atoms. The molecule has 7 heteroatoms. The van der Waals surface area contributed by atoms with E-state index in [0.717, 1.165) is 10.9 Å². The van der Waals surface area contributed by atoms with Gasteiger partial charge in [-0.05, 0) is 58.0 Å². The molecule has 0 amide bonds. The number of carbonyl (C=O) groups is 3. The zero-order valence-electron chi connectivity index (χ0n) is 21.3. The van der Waals surface area contributed by atoms with E-state index in [2.05, 4.69) is 4.98 Å². The molecule has 0 fully saturated rings. The molecule has 4 rings (SSSR count). The van der Waals surface area contributed by atoms with Crippen LogP contribution < -0.4 is 9.47 Å². The second-order valence-corrected chi connectivity index (χ2v) is 8.48. The molecule has 3 aromatic carbocycles. The molecule has 0 radical (unpaired) electrons. The molecule has 0 aliphatic heterocycles. The number of hydrogen-bond donors (Lipinski definition) is 1. The van der Waals surface area contributed by atoms with Gasteiger partial charge in [0.05, 0.1) is 18.8 Å². The first-order chi connectivity index (χ1) is 17.8. The van der Waals surface area contributed by atoms with Crippen molar-refractivity contribution >= 4 is 28.4 Å². The number of nitrogens with one attached hydrogen (secondary N) is 1. The van der Waals surface area contributed by atoms with Gasteiger partial charge < -0.3 is 19.2 Å². The fourth-order valence-electron chi connectivity index (χ4n) is 4.28. The van der Waals surface area contributed by atoms with Gasteiger partial charge in [-0.1, -0.05) is 36.4 Å². The topological polar surface area (TPSA) is 94.7 Å². The number of ether oxygens (including phenoxy) is 3. The third-order valence-corrected chi connectivity index (χ3v) is 5.99. The number of aromatic amines is 1. The highest BCUT2D eigenvalue weighted by molar-refractivity contribution is 6.15. The maximum atomic E-state index is 13.4. The number of para-hydroxylation sites is 1. The summed E-state index contributed by atoms with van der Waals surface area (Å²) in [5.41, 5.74) is 2.60. The van der Waals surface area contributed by atoms with Crippen molar-refractivity contribution in [3.05, 3.63) is 94.7 Å². The van der Waals surface area contributed by atoms with Crippen molar-refractivity contribution in [2.75, 3.05) is 13.2 Å². The number of esters is 1. The molecule has 0 saturated heterocycles. The van der Waals surface area contributed by atoms with Gasteiger partial charge in [0, 0.05) is 33.3 Å². The Kier molecular flexibility index (Phi) is 7.72. The minimum absolute atomic E-state index is 0.0784. The first-order valence-electron chi connectivity index (χ1n) is 12.2. The summed E-state index contributed by atoms with van der Waals surface area (Å²) in [6, 6.07) is 18.8. The first kappa shape index (κ1) is 25.7. The third-order valence-electron chi connectivity index (χ3n) is 5.99. The van der Waals surface area contributed by atoms with Crippen LogP contribution in [0.1, 0.15) is 63.1 Å². The Morgan fingerprint density at radius 3 is 2.22 bits per heavy atom.